The second kappa shape index (κ2) is 9.03. The first kappa shape index (κ1) is 18.0. The average Bonchev–Trinajstić information content (AvgIpc) is 2.49. The molecule has 1 aliphatic carbocycles. The van der Waals surface area contributed by atoms with Gasteiger partial charge in [-0.2, -0.15) is 0 Å². The van der Waals surface area contributed by atoms with Crippen molar-refractivity contribution >= 4 is 11.8 Å². The highest BCUT2D eigenvalue weighted by atomic mass is 16.2. The fraction of sp³-hybridized carbons (Fsp3) is 0.875. The van der Waals surface area contributed by atoms with E-state index in [1.165, 1.54) is 19.3 Å². The van der Waals surface area contributed by atoms with E-state index in [-0.39, 0.29) is 17.4 Å². The van der Waals surface area contributed by atoms with Gasteiger partial charge in [0, 0.05) is 38.0 Å². The Morgan fingerprint density at radius 2 is 1.71 bits per heavy atom. The van der Waals surface area contributed by atoms with Crippen molar-refractivity contribution in [1.29, 1.82) is 0 Å². The van der Waals surface area contributed by atoms with E-state index in [2.05, 4.69) is 10.6 Å². The van der Waals surface area contributed by atoms with Crippen LogP contribution in [0.3, 0.4) is 0 Å². The molecule has 122 valence electrons. The van der Waals surface area contributed by atoms with Gasteiger partial charge in [0.2, 0.25) is 11.8 Å². The molecule has 0 radical (unpaired) electrons. The summed E-state index contributed by atoms with van der Waals surface area (Å²) in [6, 6.07) is 0. The molecule has 1 saturated carbocycles. The van der Waals surface area contributed by atoms with Crippen LogP contribution in [0.2, 0.25) is 0 Å². The molecule has 0 heterocycles. The molecular weight excluding hydrogens is 266 g/mol. The van der Waals surface area contributed by atoms with Crippen molar-refractivity contribution in [2.45, 2.75) is 64.3 Å². The highest BCUT2D eigenvalue weighted by Gasteiger charge is 2.32. The summed E-state index contributed by atoms with van der Waals surface area (Å²) >= 11 is 0. The summed E-state index contributed by atoms with van der Waals surface area (Å²) in [4.78, 5) is 25.7. The van der Waals surface area contributed by atoms with Crippen molar-refractivity contribution in [2.24, 2.45) is 0 Å². The third-order valence-electron chi connectivity index (χ3n) is 4.62. The van der Waals surface area contributed by atoms with Crippen LogP contribution < -0.4 is 10.6 Å². The van der Waals surface area contributed by atoms with Gasteiger partial charge in [0.1, 0.15) is 0 Å². The molecule has 1 rings (SSSR count). The molecule has 2 amide bonds. The maximum Gasteiger partial charge on any atom is 0.224 e. The van der Waals surface area contributed by atoms with Crippen molar-refractivity contribution < 1.29 is 9.59 Å². The van der Waals surface area contributed by atoms with E-state index in [0.29, 0.717) is 19.4 Å². The summed E-state index contributed by atoms with van der Waals surface area (Å²) in [6.07, 6.45) is 6.68. The highest BCUT2D eigenvalue weighted by molar-refractivity contribution is 5.79. The van der Waals surface area contributed by atoms with E-state index in [1.807, 2.05) is 20.9 Å². The smallest absolute Gasteiger partial charge is 0.224 e. The molecular formula is C16H31N3O2. The Morgan fingerprint density at radius 1 is 1.10 bits per heavy atom. The number of carbonyl (C=O) groups excluding carboxylic acids is 2. The van der Waals surface area contributed by atoms with Gasteiger partial charge in [-0.1, -0.05) is 19.3 Å². The van der Waals surface area contributed by atoms with Crippen LogP contribution in [0.25, 0.3) is 0 Å². The zero-order valence-electron chi connectivity index (χ0n) is 13.8. The molecule has 0 unspecified atom stereocenters. The highest BCUT2D eigenvalue weighted by Crippen LogP contribution is 2.30. The largest absolute Gasteiger partial charge is 0.356 e. The van der Waals surface area contributed by atoms with Gasteiger partial charge in [-0.25, -0.2) is 0 Å². The van der Waals surface area contributed by atoms with Crippen LogP contribution >= 0.6 is 0 Å². The molecule has 5 heteroatoms. The molecule has 1 aliphatic rings. The van der Waals surface area contributed by atoms with Gasteiger partial charge in [0.05, 0.1) is 0 Å². The number of hydrogen-bond acceptors (Lipinski definition) is 3. The summed E-state index contributed by atoms with van der Waals surface area (Å²) in [6.45, 7) is 5.84. The Balaban J connectivity index is 2.32. The number of hydrogen-bond donors (Lipinski definition) is 2. The lowest BCUT2D eigenvalue weighted by Gasteiger charge is -2.36. The van der Waals surface area contributed by atoms with Gasteiger partial charge < -0.3 is 15.5 Å². The van der Waals surface area contributed by atoms with Crippen molar-refractivity contribution in [3.05, 3.63) is 0 Å². The Bertz CT molecular complexity index is 334. The minimum atomic E-state index is -0.0365. The molecule has 0 atom stereocenters. The Labute approximate surface area is 128 Å². The lowest BCUT2D eigenvalue weighted by atomic mass is 9.79. The van der Waals surface area contributed by atoms with Crippen molar-refractivity contribution in [3.63, 3.8) is 0 Å². The third-order valence-corrected chi connectivity index (χ3v) is 4.62. The average molecular weight is 297 g/mol. The summed E-state index contributed by atoms with van der Waals surface area (Å²) in [5, 5.41) is 6.24. The van der Waals surface area contributed by atoms with Crippen LogP contribution in [0.5, 0.6) is 0 Å². The summed E-state index contributed by atoms with van der Waals surface area (Å²) in [5.74, 6) is 0.167. The molecule has 5 nitrogen and oxygen atoms in total. The van der Waals surface area contributed by atoms with E-state index in [4.69, 9.17) is 0 Å². The van der Waals surface area contributed by atoms with Crippen LogP contribution in [0.4, 0.5) is 0 Å². The van der Waals surface area contributed by atoms with Crippen molar-refractivity contribution in [2.75, 3.05) is 26.7 Å². The van der Waals surface area contributed by atoms with Crippen molar-refractivity contribution in [1.82, 2.24) is 15.5 Å². The van der Waals surface area contributed by atoms with Crippen LogP contribution in [0.1, 0.15) is 58.8 Å². The quantitative estimate of drug-likeness (QED) is 0.716. The maximum atomic E-state index is 12.1. The number of amides is 2. The molecule has 21 heavy (non-hydrogen) atoms. The zero-order valence-corrected chi connectivity index (χ0v) is 13.8. The Kier molecular flexibility index (Phi) is 7.72. The topological polar surface area (TPSA) is 61.4 Å². The van der Waals surface area contributed by atoms with Gasteiger partial charge in [-0.05, 0) is 33.7 Å². The molecule has 0 bridgehead atoms. The van der Waals surface area contributed by atoms with E-state index >= 15 is 0 Å². The van der Waals surface area contributed by atoms with E-state index < -0.39 is 0 Å². The minimum absolute atomic E-state index is 0.0365. The number of nitrogens with one attached hydrogen (secondary N) is 2. The van der Waals surface area contributed by atoms with Crippen LogP contribution in [0, 0.1) is 0 Å². The van der Waals surface area contributed by atoms with Gasteiger partial charge in [0.25, 0.3) is 0 Å². The zero-order chi connectivity index (χ0) is 15.7. The summed E-state index contributed by atoms with van der Waals surface area (Å²) < 4.78 is 0. The normalized spacial score (nSPS) is 17.3. The lowest BCUT2D eigenvalue weighted by molar-refractivity contribution is -0.130. The molecule has 0 spiro atoms. The SMILES string of the molecule is CCN(CC)C(=O)CCNC(=O)CC1(NC)CCCCC1. The summed E-state index contributed by atoms with van der Waals surface area (Å²) in [5.41, 5.74) is -0.0365. The van der Waals surface area contributed by atoms with Crippen LogP contribution in [-0.2, 0) is 9.59 Å². The fourth-order valence-corrected chi connectivity index (χ4v) is 3.16. The standard InChI is InChI=1S/C16H31N3O2/c1-4-19(5-2)15(21)9-12-18-14(20)13-16(17-3)10-7-6-8-11-16/h17H,4-13H2,1-3H3,(H,18,20). The third kappa shape index (κ3) is 5.65. The molecule has 0 saturated heterocycles. The molecule has 0 aliphatic heterocycles. The second-order valence-corrected chi connectivity index (χ2v) is 5.93. The molecule has 2 N–H and O–H groups in total. The predicted molar refractivity (Wildman–Crippen MR) is 85.0 cm³/mol. The van der Waals surface area contributed by atoms with Crippen molar-refractivity contribution in [3.8, 4) is 0 Å². The first-order chi connectivity index (χ1) is 10.1. The van der Waals surface area contributed by atoms with E-state index in [9.17, 15) is 9.59 Å². The number of carbonyl (C=O) groups is 2. The minimum Gasteiger partial charge on any atom is -0.356 e. The monoisotopic (exact) mass is 297 g/mol. The molecule has 0 aromatic carbocycles. The van der Waals surface area contributed by atoms with E-state index in [1.54, 1.807) is 4.90 Å². The first-order valence-electron chi connectivity index (χ1n) is 8.30. The van der Waals surface area contributed by atoms with E-state index in [0.717, 1.165) is 25.9 Å². The Hall–Kier alpha value is -1.10. The predicted octanol–water partition coefficient (Wildman–Crippen LogP) is 1.67. The number of rotatable bonds is 8. The maximum absolute atomic E-state index is 12.1. The van der Waals surface area contributed by atoms with Gasteiger partial charge >= 0.3 is 0 Å². The summed E-state index contributed by atoms with van der Waals surface area (Å²) in [7, 11) is 1.95. The van der Waals surface area contributed by atoms with Crippen LogP contribution in [-0.4, -0.2) is 48.9 Å². The molecule has 0 aromatic heterocycles. The van der Waals surface area contributed by atoms with Gasteiger partial charge in [-0.15, -0.1) is 0 Å². The first-order valence-corrected chi connectivity index (χ1v) is 8.30. The second-order valence-electron chi connectivity index (χ2n) is 5.93. The van der Waals surface area contributed by atoms with Gasteiger partial charge in [-0.3, -0.25) is 9.59 Å². The molecule has 0 aromatic rings. The van der Waals surface area contributed by atoms with Crippen LogP contribution in [0.15, 0.2) is 0 Å². The lowest BCUT2D eigenvalue weighted by Crippen LogP contribution is -2.48. The Morgan fingerprint density at radius 3 is 2.24 bits per heavy atom. The van der Waals surface area contributed by atoms with Gasteiger partial charge in [0.15, 0.2) is 0 Å². The number of nitrogens with zero attached hydrogens (tertiary/aromatic N) is 1. The molecule has 1 fully saturated rings. The fourth-order valence-electron chi connectivity index (χ4n) is 3.16.